The lowest BCUT2D eigenvalue weighted by atomic mass is 10.3. The smallest absolute Gasteiger partial charge is 0.186 e. The number of nitrogens with one attached hydrogen (secondary N) is 1. The quantitative estimate of drug-likeness (QED) is 0.377. The van der Waals surface area contributed by atoms with Gasteiger partial charge in [-0.2, -0.15) is 0 Å². The summed E-state index contributed by atoms with van der Waals surface area (Å²) in [7, 11) is 0. The Morgan fingerprint density at radius 2 is 1.65 bits per heavy atom. The molecule has 2 aromatic carbocycles. The van der Waals surface area contributed by atoms with Crippen molar-refractivity contribution < 1.29 is 9.51 Å². The Hall–Kier alpha value is -2.87. The first-order chi connectivity index (χ1) is 9.58. The molecule has 0 saturated carbocycles. The van der Waals surface area contributed by atoms with Crippen molar-refractivity contribution >= 4 is 17.1 Å². The lowest BCUT2D eigenvalue weighted by molar-refractivity contribution is -0.490. The maximum Gasteiger partial charge on any atom is 0.186 e. The number of benzene rings is 2. The monoisotopic (exact) mass is 277 g/mol. The van der Waals surface area contributed by atoms with Crippen LogP contribution in [0.15, 0.2) is 54.6 Å². The normalized spacial score (nSPS) is 9.90. The summed E-state index contributed by atoms with van der Waals surface area (Å²) in [5.74, 6) is 4.93. The molecule has 0 unspecified atom stereocenters. The highest BCUT2D eigenvalue weighted by molar-refractivity contribution is 5.57. The number of rotatable bonds is 5. The summed E-state index contributed by atoms with van der Waals surface area (Å²) >= 11 is 0. The Labute approximate surface area is 114 Å². The van der Waals surface area contributed by atoms with E-state index in [0.29, 0.717) is 11.4 Å². The topological polar surface area (TPSA) is 87.7 Å². The fourth-order valence-electron chi connectivity index (χ4n) is 1.57. The van der Waals surface area contributed by atoms with Crippen molar-refractivity contribution in [3.05, 3.63) is 64.7 Å². The van der Waals surface area contributed by atoms with E-state index in [2.05, 4.69) is 5.43 Å². The second-order valence-corrected chi connectivity index (χ2v) is 3.86. The number of nitro groups is 1. The second kappa shape index (κ2) is 5.85. The molecule has 0 spiro atoms. The molecule has 0 aliphatic carbocycles. The Kier molecular flexibility index (Phi) is 3.96. The summed E-state index contributed by atoms with van der Waals surface area (Å²) in [6.45, 7) is 0. The number of hydrazine groups is 3. The van der Waals surface area contributed by atoms with Gasteiger partial charge in [-0.05, 0) is 36.4 Å². The maximum absolute atomic E-state index is 12.7. The summed E-state index contributed by atoms with van der Waals surface area (Å²) in [4.78, 5) is 11.1. The molecule has 0 bridgehead atoms. The van der Waals surface area contributed by atoms with Crippen LogP contribution in [-0.2, 0) is 0 Å². The minimum Gasteiger partial charge on any atom is -0.241 e. The van der Waals surface area contributed by atoms with E-state index in [-0.39, 0.29) is 10.9 Å². The Morgan fingerprint density at radius 3 is 2.15 bits per heavy atom. The highest BCUT2D eigenvalue weighted by Crippen LogP contribution is 2.19. The van der Waals surface area contributed by atoms with E-state index >= 15 is 0 Å². The largest absolute Gasteiger partial charge is 0.241 e. The maximum atomic E-state index is 12.7. The van der Waals surface area contributed by atoms with Crippen LogP contribution < -0.4 is 21.6 Å². The van der Waals surface area contributed by atoms with Crippen LogP contribution in [0.4, 0.5) is 21.5 Å². The third-order valence-corrected chi connectivity index (χ3v) is 2.51. The van der Waals surface area contributed by atoms with Crippen LogP contribution in [-0.4, -0.2) is 5.03 Å². The van der Waals surface area contributed by atoms with Gasteiger partial charge in [0.1, 0.15) is 5.69 Å². The van der Waals surface area contributed by atoms with E-state index in [9.17, 15) is 14.6 Å². The van der Waals surface area contributed by atoms with Crippen molar-refractivity contribution in [2.45, 2.75) is 0 Å². The van der Waals surface area contributed by atoms with E-state index in [1.807, 2.05) is 0 Å². The number of anilines is 3. The van der Waals surface area contributed by atoms with Crippen LogP contribution in [0.1, 0.15) is 0 Å². The molecule has 0 heterocycles. The minimum absolute atomic E-state index is 0.0355. The summed E-state index contributed by atoms with van der Waals surface area (Å²) in [6, 6.07) is 14.1. The molecule has 2 aromatic rings. The van der Waals surface area contributed by atoms with Gasteiger partial charge in [0.2, 0.25) is 0 Å². The first kappa shape index (κ1) is 13.6. The average Bonchev–Trinajstić information content (AvgIpc) is 2.46. The molecule has 0 aromatic heterocycles. The Balaban J connectivity index is 2.19. The highest BCUT2D eigenvalue weighted by atomic mass is 19.2. The third-order valence-electron chi connectivity index (χ3n) is 2.51. The van der Waals surface area contributed by atoms with Crippen LogP contribution in [0.3, 0.4) is 0 Å². The fraction of sp³-hybridized carbons (Fsp3) is 0. The Morgan fingerprint density at radius 1 is 1.05 bits per heavy atom. The fourth-order valence-corrected chi connectivity index (χ4v) is 1.57. The molecule has 0 aliphatic heterocycles. The number of para-hydroxylation sites is 1. The van der Waals surface area contributed by atoms with Gasteiger partial charge in [-0.25, -0.2) is 21.4 Å². The van der Waals surface area contributed by atoms with Crippen LogP contribution >= 0.6 is 0 Å². The molecule has 104 valence electrons. The van der Waals surface area contributed by atoms with Crippen molar-refractivity contribution in [2.75, 3.05) is 15.8 Å². The zero-order chi connectivity index (χ0) is 14.5. The molecular formula is C12H12FN5O2. The van der Waals surface area contributed by atoms with Gasteiger partial charge in [0.25, 0.3) is 0 Å². The molecule has 0 fully saturated rings. The third kappa shape index (κ3) is 3.12. The molecule has 2 rings (SSSR count). The van der Waals surface area contributed by atoms with Gasteiger partial charge in [-0.1, -0.05) is 22.7 Å². The second-order valence-electron chi connectivity index (χ2n) is 3.86. The van der Waals surface area contributed by atoms with Gasteiger partial charge in [0.05, 0.1) is 11.4 Å². The van der Waals surface area contributed by atoms with Crippen LogP contribution in [0.25, 0.3) is 0 Å². The van der Waals surface area contributed by atoms with E-state index < -0.39 is 5.03 Å². The first-order valence-electron chi connectivity index (χ1n) is 5.65. The van der Waals surface area contributed by atoms with E-state index in [0.717, 1.165) is 5.12 Å². The minimum atomic E-state index is -0.590. The zero-order valence-electron chi connectivity index (χ0n) is 10.3. The Bertz CT molecular complexity index is 576. The summed E-state index contributed by atoms with van der Waals surface area (Å²) in [5.41, 5.74) is 3.55. The van der Waals surface area contributed by atoms with Crippen molar-refractivity contribution in [3.8, 4) is 0 Å². The lowest BCUT2D eigenvalue weighted by Gasteiger charge is -2.16. The SMILES string of the molecule is NN(F)c1ccc(NN(c2ccccc2)[N+](=O)[O-])cc1. The van der Waals surface area contributed by atoms with Gasteiger partial charge in [0, 0.05) is 5.12 Å². The van der Waals surface area contributed by atoms with Crippen LogP contribution in [0.5, 0.6) is 0 Å². The lowest BCUT2D eigenvalue weighted by Crippen LogP contribution is -2.35. The van der Waals surface area contributed by atoms with Crippen molar-refractivity contribution in [1.82, 2.24) is 0 Å². The van der Waals surface area contributed by atoms with E-state index in [1.54, 1.807) is 30.3 Å². The molecule has 8 heteroatoms. The summed E-state index contributed by atoms with van der Waals surface area (Å²) in [5, 5.41) is 11.2. The number of hydrogen-bond donors (Lipinski definition) is 2. The van der Waals surface area contributed by atoms with Crippen molar-refractivity contribution in [1.29, 1.82) is 0 Å². The van der Waals surface area contributed by atoms with E-state index in [1.165, 1.54) is 24.3 Å². The molecule has 20 heavy (non-hydrogen) atoms. The van der Waals surface area contributed by atoms with Gasteiger partial charge < -0.3 is 0 Å². The van der Waals surface area contributed by atoms with Gasteiger partial charge in [0.15, 0.2) is 5.03 Å². The van der Waals surface area contributed by atoms with Crippen molar-refractivity contribution in [3.63, 3.8) is 0 Å². The number of hydrogen-bond acceptors (Lipinski definition) is 5. The highest BCUT2D eigenvalue weighted by Gasteiger charge is 2.16. The molecule has 7 nitrogen and oxygen atoms in total. The first-order valence-corrected chi connectivity index (χ1v) is 5.65. The molecule has 3 N–H and O–H groups in total. The molecular weight excluding hydrogens is 265 g/mol. The van der Waals surface area contributed by atoms with Crippen LogP contribution in [0, 0.1) is 10.1 Å². The zero-order valence-corrected chi connectivity index (χ0v) is 10.3. The van der Waals surface area contributed by atoms with Gasteiger partial charge in [-0.3, -0.25) is 0 Å². The molecule has 0 saturated heterocycles. The van der Waals surface area contributed by atoms with E-state index in [4.69, 9.17) is 5.84 Å². The van der Waals surface area contributed by atoms with Gasteiger partial charge >= 0.3 is 0 Å². The van der Waals surface area contributed by atoms with Crippen molar-refractivity contribution in [2.24, 2.45) is 5.84 Å². The van der Waals surface area contributed by atoms with Crippen LogP contribution in [0.2, 0.25) is 0 Å². The number of nitrogens with two attached hydrogens (primary N) is 1. The molecule has 0 amide bonds. The number of halogens is 1. The molecule has 0 radical (unpaired) electrons. The average molecular weight is 277 g/mol. The molecule has 0 atom stereocenters. The molecule has 0 aliphatic rings. The number of nitrogens with zero attached hydrogens (tertiary/aromatic N) is 3. The predicted molar refractivity (Wildman–Crippen MR) is 73.8 cm³/mol. The summed E-state index contributed by atoms with van der Waals surface area (Å²) in [6.07, 6.45) is 0. The van der Waals surface area contributed by atoms with Gasteiger partial charge in [-0.15, -0.1) is 5.23 Å². The summed E-state index contributed by atoms with van der Waals surface area (Å²) < 4.78 is 12.7. The predicted octanol–water partition coefficient (Wildman–Crippen LogP) is 2.28. The standard InChI is InChI=1S/C12H12FN5O2/c13-16(14)11-8-6-10(7-9-11)15-17(18(19)20)12-4-2-1-3-5-12/h1-9,15H,14H2.